The van der Waals surface area contributed by atoms with Gasteiger partial charge in [0.2, 0.25) is 0 Å². The smallest absolute Gasteiger partial charge is 0.137 e. The maximum Gasteiger partial charge on any atom is 0.137 e. The first-order valence-corrected chi connectivity index (χ1v) is 5.59. The van der Waals surface area contributed by atoms with E-state index in [9.17, 15) is 19.0 Å². The van der Waals surface area contributed by atoms with Gasteiger partial charge in [0.15, 0.2) is 0 Å². The molecule has 2 rings (SSSR count). The van der Waals surface area contributed by atoms with Crippen molar-refractivity contribution in [2.24, 2.45) is 0 Å². The Morgan fingerprint density at radius 2 is 2.16 bits per heavy atom. The molecule has 0 radical (unpaired) electrons. The van der Waals surface area contributed by atoms with Gasteiger partial charge in [-0.05, 0) is 13.0 Å². The van der Waals surface area contributed by atoms with Crippen LogP contribution >= 0.6 is 0 Å². The van der Waals surface area contributed by atoms with E-state index in [-0.39, 0.29) is 12.1 Å². The maximum atomic E-state index is 13.6. The fraction of sp³-hybridized carbons (Fsp3) is 0.333. The van der Waals surface area contributed by atoms with Crippen molar-refractivity contribution < 1.29 is 19.0 Å². The van der Waals surface area contributed by atoms with Crippen LogP contribution in [0.3, 0.4) is 0 Å². The minimum atomic E-state index is -1.87. The van der Waals surface area contributed by atoms with Crippen LogP contribution in [0.2, 0.25) is 0 Å². The molecule has 0 amide bonds. The fourth-order valence-electron chi connectivity index (χ4n) is 1.76. The van der Waals surface area contributed by atoms with Gasteiger partial charge in [0.25, 0.3) is 0 Å². The highest BCUT2D eigenvalue weighted by Gasteiger charge is 2.35. The molecule has 0 fully saturated rings. The number of rotatable bonds is 4. The predicted molar refractivity (Wildman–Crippen MR) is 62.0 cm³/mol. The largest absolute Gasteiger partial charge is 0.388 e. The average molecular weight is 269 g/mol. The zero-order chi connectivity index (χ0) is 14.0. The number of benzene rings is 1. The fourth-order valence-corrected chi connectivity index (χ4v) is 1.76. The van der Waals surface area contributed by atoms with E-state index >= 15 is 0 Å². The Balaban J connectivity index is 2.25. The zero-order valence-electron chi connectivity index (χ0n) is 10.2. The van der Waals surface area contributed by atoms with E-state index in [2.05, 4.69) is 10.1 Å². The normalized spacial score (nSPS) is 16.1. The standard InChI is InChI=1S/C12H13F2N3O2/c1-12(19,9-3-2-8(13)4-10(9)14)11(18)5-17-7-15-6-16-17/h2-4,6-7,11,18-19H,5H2,1H3/t11-,12-/m1/s1. The minimum absolute atomic E-state index is 0.0657. The topological polar surface area (TPSA) is 71.2 Å². The maximum absolute atomic E-state index is 13.6. The van der Waals surface area contributed by atoms with E-state index in [1.807, 2.05) is 0 Å². The number of nitrogens with zero attached hydrogens (tertiary/aromatic N) is 3. The predicted octanol–water partition coefficient (Wildman–Crippen LogP) is 0.825. The van der Waals surface area contributed by atoms with Crippen molar-refractivity contribution in [1.82, 2.24) is 14.8 Å². The first kappa shape index (κ1) is 13.6. The Morgan fingerprint density at radius 3 is 2.74 bits per heavy atom. The van der Waals surface area contributed by atoms with Crippen LogP contribution in [0.25, 0.3) is 0 Å². The summed E-state index contributed by atoms with van der Waals surface area (Å²) < 4.78 is 27.8. The van der Waals surface area contributed by atoms with Crippen molar-refractivity contribution in [3.63, 3.8) is 0 Å². The molecule has 5 nitrogen and oxygen atoms in total. The molecule has 19 heavy (non-hydrogen) atoms. The quantitative estimate of drug-likeness (QED) is 0.862. The second-order valence-corrected chi connectivity index (χ2v) is 4.41. The monoisotopic (exact) mass is 269 g/mol. The summed E-state index contributed by atoms with van der Waals surface area (Å²) in [5.41, 5.74) is -2.05. The molecule has 0 spiro atoms. The van der Waals surface area contributed by atoms with Crippen molar-refractivity contribution in [3.8, 4) is 0 Å². The number of hydrogen-bond donors (Lipinski definition) is 2. The van der Waals surface area contributed by atoms with Crippen LogP contribution in [-0.2, 0) is 12.1 Å². The van der Waals surface area contributed by atoms with Crippen molar-refractivity contribution in [2.75, 3.05) is 0 Å². The summed E-state index contributed by atoms with van der Waals surface area (Å²) in [6.07, 6.45) is 1.31. The molecule has 0 bridgehead atoms. The molecule has 2 atom stereocenters. The zero-order valence-corrected chi connectivity index (χ0v) is 10.2. The molecule has 1 aromatic carbocycles. The van der Waals surface area contributed by atoms with Crippen LogP contribution in [0.5, 0.6) is 0 Å². The number of aliphatic hydroxyl groups excluding tert-OH is 1. The second-order valence-electron chi connectivity index (χ2n) is 4.41. The third-order valence-electron chi connectivity index (χ3n) is 2.95. The SMILES string of the molecule is C[C@@](O)(c1ccc(F)cc1F)[C@H](O)Cn1cncn1. The van der Waals surface area contributed by atoms with E-state index in [0.717, 1.165) is 12.1 Å². The van der Waals surface area contributed by atoms with Crippen LogP contribution in [0, 0.1) is 11.6 Å². The highest BCUT2D eigenvalue weighted by molar-refractivity contribution is 5.25. The molecule has 1 heterocycles. The lowest BCUT2D eigenvalue weighted by molar-refractivity contribution is -0.0772. The molecule has 0 unspecified atom stereocenters. The molecule has 0 saturated heterocycles. The van der Waals surface area contributed by atoms with Crippen LogP contribution < -0.4 is 0 Å². The summed E-state index contributed by atoms with van der Waals surface area (Å²) in [6.45, 7) is 1.19. The molecule has 0 aliphatic carbocycles. The van der Waals surface area contributed by atoms with Gasteiger partial charge < -0.3 is 10.2 Å². The molecule has 0 aliphatic heterocycles. The number of aliphatic hydroxyl groups is 2. The van der Waals surface area contributed by atoms with Crippen molar-refractivity contribution in [3.05, 3.63) is 48.1 Å². The Bertz CT molecular complexity index is 558. The molecule has 0 aliphatic rings. The first-order valence-electron chi connectivity index (χ1n) is 5.59. The van der Waals surface area contributed by atoms with Crippen molar-refractivity contribution in [2.45, 2.75) is 25.2 Å². The van der Waals surface area contributed by atoms with Crippen LogP contribution in [0.15, 0.2) is 30.9 Å². The highest BCUT2D eigenvalue weighted by atomic mass is 19.1. The molecule has 2 N–H and O–H groups in total. The third-order valence-corrected chi connectivity index (χ3v) is 2.95. The minimum Gasteiger partial charge on any atom is -0.388 e. The molecule has 2 aromatic rings. The Labute approximate surface area is 108 Å². The van der Waals surface area contributed by atoms with Gasteiger partial charge in [-0.1, -0.05) is 6.07 Å². The van der Waals surface area contributed by atoms with Crippen LogP contribution in [0.4, 0.5) is 8.78 Å². The lowest BCUT2D eigenvalue weighted by Crippen LogP contribution is -2.40. The molecule has 102 valence electrons. The molecule has 1 aromatic heterocycles. The Kier molecular flexibility index (Phi) is 3.59. The van der Waals surface area contributed by atoms with Gasteiger partial charge in [0.1, 0.15) is 36.0 Å². The van der Waals surface area contributed by atoms with Gasteiger partial charge in [-0.3, -0.25) is 4.68 Å². The number of aromatic nitrogens is 3. The van der Waals surface area contributed by atoms with Gasteiger partial charge in [-0.25, -0.2) is 13.8 Å². The summed E-state index contributed by atoms with van der Waals surface area (Å²) in [7, 11) is 0. The first-order chi connectivity index (χ1) is 8.91. The molecular formula is C12H13F2N3O2. The van der Waals surface area contributed by atoms with Crippen molar-refractivity contribution in [1.29, 1.82) is 0 Å². The Morgan fingerprint density at radius 1 is 1.42 bits per heavy atom. The van der Waals surface area contributed by atoms with Crippen LogP contribution in [-0.4, -0.2) is 31.1 Å². The van der Waals surface area contributed by atoms with Gasteiger partial charge in [-0.2, -0.15) is 5.10 Å². The summed E-state index contributed by atoms with van der Waals surface area (Å²) in [4.78, 5) is 3.69. The molecule has 7 heteroatoms. The van der Waals surface area contributed by atoms with Gasteiger partial charge in [-0.15, -0.1) is 0 Å². The molecule has 0 saturated carbocycles. The summed E-state index contributed by atoms with van der Waals surface area (Å²) in [5, 5.41) is 24.0. The van der Waals surface area contributed by atoms with E-state index in [4.69, 9.17) is 0 Å². The van der Waals surface area contributed by atoms with Crippen molar-refractivity contribution >= 4 is 0 Å². The van der Waals surface area contributed by atoms with E-state index in [0.29, 0.717) is 6.07 Å². The number of hydrogen-bond acceptors (Lipinski definition) is 4. The van der Waals surface area contributed by atoms with Gasteiger partial charge >= 0.3 is 0 Å². The molecular weight excluding hydrogens is 256 g/mol. The van der Waals surface area contributed by atoms with Crippen LogP contribution in [0.1, 0.15) is 12.5 Å². The van der Waals surface area contributed by atoms with E-state index in [1.165, 1.54) is 24.3 Å². The lowest BCUT2D eigenvalue weighted by Gasteiger charge is -2.29. The second kappa shape index (κ2) is 5.02. The van der Waals surface area contributed by atoms with E-state index < -0.39 is 23.3 Å². The summed E-state index contributed by atoms with van der Waals surface area (Å²) in [5.74, 6) is -1.66. The summed E-state index contributed by atoms with van der Waals surface area (Å²) >= 11 is 0. The van der Waals surface area contributed by atoms with Gasteiger partial charge in [0, 0.05) is 11.6 Å². The summed E-state index contributed by atoms with van der Waals surface area (Å²) in [6, 6.07) is 2.79. The number of halogens is 2. The van der Waals surface area contributed by atoms with E-state index in [1.54, 1.807) is 0 Å². The lowest BCUT2D eigenvalue weighted by atomic mass is 9.89. The average Bonchev–Trinajstić information content (AvgIpc) is 2.81. The third kappa shape index (κ3) is 2.77. The van der Waals surface area contributed by atoms with Gasteiger partial charge in [0.05, 0.1) is 6.54 Å². The highest BCUT2D eigenvalue weighted by Crippen LogP contribution is 2.28. The Hall–Kier alpha value is -1.86.